The lowest BCUT2D eigenvalue weighted by atomic mass is 10.1. The number of nitrogens with one attached hydrogen (secondary N) is 1. The number of rotatable bonds is 1. The van der Waals surface area contributed by atoms with E-state index in [1.807, 2.05) is 25.4 Å². The molecule has 80 valence electrons. The maximum Gasteiger partial charge on any atom is 0.224 e. The maximum atomic E-state index is 11.7. The van der Waals surface area contributed by atoms with Gasteiger partial charge in [0.15, 0.2) is 0 Å². The Morgan fingerprint density at radius 3 is 3.20 bits per heavy atom. The molecule has 1 N–H and O–H groups in total. The Bertz CT molecular complexity index is 339. The predicted octanol–water partition coefficient (Wildman–Crippen LogP) is 0.574. The van der Waals surface area contributed by atoms with Gasteiger partial charge in [-0.25, -0.2) is 0 Å². The average molecular weight is 205 g/mol. The Labute approximate surface area is 89.3 Å². The van der Waals surface area contributed by atoms with Gasteiger partial charge >= 0.3 is 0 Å². The third-order valence-corrected chi connectivity index (χ3v) is 2.73. The van der Waals surface area contributed by atoms with Crippen LogP contribution >= 0.6 is 0 Å². The molecule has 1 atom stereocenters. The summed E-state index contributed by atoms with van der Waals surface area (Å²) in [7, 11) is 1.84. The second kappa shape index (κ2) is 4.40. The first-order valence-electron chi connectivity index (χ1n) is 5.14. The lowest BCUT2D eigenvalue weighted by molar-refractivity contribution is -0.129. The van der Waals surface area contributed by atoms with Gasteiger partial charge < -0.3 is 10.2 Å². The molecular weight excluding hydrogens is 190 g/mol. The minimum Gasteiger partial charge on any atom is -0.344 e. The molecule has 2 heterocycles. The van der Waals surface area contributed by atoms with Crippen molar-refractivity contribution < 1.29 is 4.79 Å². The number of amides is 1. The van der Waals surface area contributed by atoms with E-state index in [2.05, 4.69) is 10.3 Å². The number of carbonyl (C=O) groups excluding carboxylic acids is 1. The Morgan fingerprint density at radius 1 is 1.60 bits per heavy atom. The van der Waals surface area contributed by atoms with E-state index < -0.39 is 0 Å². The van der Waals surface area contributed by atoms with E-state index in [0.717, 1.165) is 18.7 Å². The van der Waals surface area contributed by atoms with Crippen molar-refractivity contribution in [2.24, 2.45) is 0 Å². The summed E-state index contributed by atoms with van der Waals surface area (Å²) in [6.07, 6.45) is 4.08. The highest BCUT2D eigenvalue weighted by Crippen LogP contribution is 2.18. The quantitative estimate of drug-likeness (QED) is 0.729. The van der Waals surface area contributed by atoms with E-state index >= 15 is 0 Å². The van der Waals surface area contributed by atoms with Gasteiger partial charge in [0, 0.05) is 45.0 Å². The van der Waals surface area contributed by atoms with Gasteiger partial charge in [-0.3, -0.25) is 9.78 Å². The van der Waals surface area contributed by atoms with Gasteiger partial charge in [-0.05, 0) is 11.6 Å². The maximum absolute atomic E-state index is 11.7. The van der Waals surface area contributed by atoms with Crippen LogP contribution < -0.4 is 5.32 Å². The zero-order valence-corrected chi connectivity index (χ0v) is 8.81. The molecule has 4 nitrogen and oxygen atoms in total. The number of hydrogen-bond donors (Lipinski definition) is 1. The lowest BCUT2D eigenvalue weighted by Crippen LogP contribution is -2.27. The Kier molecular flexibility index (Phi) is 2.97. The molecule has 4 heteroatoms. The highest BCUT2D eigenvalue weighted by molar-refractivity contribution is 5.77. The van der Waals surface area contributed by atoms with Crippen molar-refractivity contribution in [1.29, 1.82) is 0 Å². The summed E-state index contributed by atoms with van der Waals surface area (Å²) < 4.78 is 0. The summed E-state index contributed by atoms with van der Waals surface area (Å²) in [5, 5.41) is 3.36. The van der Waals surface area contributed by atoms with Crippen molar-refractivity contribution in [3.63, 3.8) is 0 Å². The van der Waals surface area contributed by atoms with Crippen LogP contribution in [0, 0.1) is 0 Å². The summed E-state index contributed by atoms with van der Waals surface area (Å²) in [6, 6.07) is 4.01. The van der Waals surface area contributed by atoms with Gasteiger partial charge in [-0.15, -0.1) is 0 Å². The highest BCUT2D eigenvalue weighted by Gasteiger charge is 2.21. The molecule has 0 aliphatic carbocycles. The zero-order chi connectivity index (χ0) is 10.7. The van der Waals surface area contributed by atoms with E-state index in [1.165, 1.54) is 0 Å². The molecule has 2 rings (SSSR count). The first-order chi connectivity index (χ1) is 7.27. The van der Waals surface area contributed by atoms with Gasteiger partial charge in [0.25, 0.3) is 0 Å². The molecule has 1 aromatic heterocycles. The molecule has 0 saturated carbocycles. The topological polar surface area (TPSA) is 45.2 Å². The van der Waals surface area contributed by atoms with Crippen LogP contribution in [0.15, 0.2) is 24.5 Å². The third kappa shape index (κ3) is 2.33. The van der Waals surface area contributed by atoms with Crippen molar-refractivity contribution in [2.75, 3.05) is 20.1 Å². The SMILES string of the molecule is CN1CCNC(c2cccnc2)CC1=O. The van der Waals surface area contributed by atoms with Crippen LogP contribution in [0.5, 0.6) is 0 Å². The number of nitrogens with zero attached hydrogens (tertiary/aromatic N) is 2. The molecule has 1 fully saturated rings. The van der Waals surface area contributed by atoms with Crippen LogP contribution in [0.3, 0.4) is 0 Å². The monoisotopic (exact) mass is 205 g/mol. The van der Waals surface area contributed by atoms with Crippen LogP contribution in [0.4, 0.5) is 0 Å². The van der Waals surface area contributed by atoms with Crippen LogP contribution in [-0.4, -0.2) is 35.9 Å². The first kappa shape index (κ1) is 10.1. The molecule has 15 heavy (non-hydrogen) atoms. The third-order valence-electron chi connectivity index (χ3n) is 2.73. The standard InChI is InChI=1S/C11H15N3O/c1-14-6-5-13-10(7-11(14)15)9-3-2-4-12-8-9/h2-4,8,10,13H,5-7H2,1H3. The van der Waals surface area contributed by atoms with Crippen LogP contribution in [-0.2, 0) is 4.79 Å². The van der Waals surface area contributed by atoms with Gasteiger partial charge in [0.05, 0.1) is 0 Å². The van der Waals surface area contributed by atoms with E-state index in [0.29, 0.717) is 6.42 Å². The Morgan fingerprint density at radius 2 is 2.47 bits per heavy atom. The van der Waals surface area contributed by atoms with Crippen molar-refractivity contribution in [1.82, 2.24) is 15.2 Å². The lowest BCUT2D eigenvalue weighted by Gasteiger charge is -2.14. The second-order valence-electron chi connectivity index (χ2n) is 3.81. The number of carbonyl (C=O) groups is 1. The molecule has 1 unspecified atom stereocenters. The van der Waals surface area contributed by atoms with Crippen LogP contribution in [0.1, 0.15) is 18.0 Å². The van der Waals surface area contributed by atoms with E-state index in [-0.39, 0.29) is 11.9 Å². The molecule has 0 spiro atoms. The smallest absolute Gasteiger partial charge is 0.224 e. The number of hydrogen-bond acceptors (Lipinski definition) is 3. The van der Waals surface area contributed by atoms with Crippen molar-refractivity contribution in [3.05, 3.63) is 30.1 Å². The Balaban J connectivity index is 2.13. The van der Waals surface area contributed by atoms with E-state index in [9.17, 15) is 4.79 Å². The summed E-state index contributed by atoms with van der Waals surface area (Å²) in [6.45, 7) is 1.61. The first-order valence-corrected chi connectivity index (χ1v) is 5.14. The highest BCUT2D eigenvalue weighted by atomic mass is 16.2. The molecule has 0 aromatic carbocycles. The van der Waals surface area contributed by atoms with E-state index in [1.54, 1.807) is 11.1 Å². The second-order valence-corrected chi connectivity index (χ2v) is 3.81. The summed E-state index contributed by atoms with van der Waals surface area (Å²) in [4.78, 5) is 17.5. The molecule has 0 bridgehead atoms. The van der Waals surface area contributed by atoms with E-state index in [4.69, 9.17) is 0 Å². The molecular formula is C11H15N3O. The summed E-state index contributed by atoms with van der Waals surface area (Å²) >= 11 is 0. The molecule has 0 radical (unpaired) electrons. The van der Waals surface area contributed by atoms with Gasteiger partial charge in [0.1, 0.15) is 0 Å². The number of aromatic nitrogens is 1. The number of pyridine rings is 1. The number of likely N-dealkylation sites (N-methyl/N-ethyl adjacent to an activating group) is 1. The average Bonchev–Trinajstić information content (AvgIpc) is 2.43. The molecule has 1 aliphatic rings. The molecule has 1 amide bonds. The zero-order valence-electron chi connectivity index (χ0n) is 8.81. The van der Waals surface area contributed by atoms with Gasteiger partial charge in [-0.2, -0.15) is 0 Å². The summed E-state index contributed by atoms with van der Waals surface area (Å²) in [5.41, 5.74) is 1.08. The summed E-state index contributed by atoms with van der Waals surface area (Å²) in [5.74, 6) is 0.189. The minimum absolute atomic E-state index is 0.108. The normalized spacial score (nSPS) is 22.6. The van der Waals surface area contributed by atoms with Gasteiger partial charge in [0.2, 0.25) is 5.91 Å². The largest absolute Gasteiger partial charge is 0.344 e. The fourth-order valence-electron chi connectivity index (χ4n) is 1.75. The van der Waals surface area contributed by atoms with Gasteiger partial charge in [-0.1, -0.05) is 6.07 Å². The van der Waals surface area contributed by atoms with Crippen molar-refractivity contribution in [3.8, 4) is 0 Å². The van der Waals surface area contributed by atoms with Crippen LogP contribution in [0.2, 0.25) is 0 Å². The van der Waals surface area contributed by atoms with Crippen molar-refractivity contribution >= 4 is 5.91 Å². The van der Waals surface area contributed by atoms with Crippen molar-refractivity contribution in [2.45, 2.75) is 12.5 Å². The molecule has 1 aliphatic heterocycles. The van der Waals surface area contributed by atoms with Crippen LogP contribution in [0.25, 0.3) is 0 Å². The molecule has 1 aromatic rings. The Hall–Kier alpha value is -1.42. The molecule has 1 saturated heterocycles. The predicted molar refractivity (Wildman–Crippen MR) is 57.2 cm³/mol. The fraction of sp³-hybridized carbons (Fsp3) is 0.455. The minimum atomic E-state index is 0.108. The fourth-order valence-corrected chi connectivity index (χ4v) is 1.75.